The summed E-state index contributed by atoms with van der Waals surface area (Å²) in [4.78, 5) is 8.54. The van der Waals surface area contributed by atoms with Crippen LogP contribution in [0.15, 0.2) is 12.4 Å². The molecule has 2 heterocycles. The minimum absolute atomic E-state index is 0.0374. The highest BCUT2D eigenvalue weighted by atomic mass is 15.4. The first-order chi connectivity index (χ1) is 9.62. The number of nitrogens with zero attached hydrogens (tertiary/aromatic N) is 4. The van der Waals surface area contributed by atoms with E-state index in [0.29, 0.717) is 18.2 Å². The average Bonchev–Trinajstić information content (AvgIpc) is 2.87. The van der Waals surface area contributed by atoms with E-state index in [4.69, 9.17) is 5.73 Å². The quantitative estimate of drug-likeness (QED) is 0.891. The minimum atomic E-state index is -0.0374. The summed E-state index contributed by atoms with van der Waals surface area (Å²) in [7, 11) is 0. The molecule has 2 aromatic heterocycles. The van der Waals surface area contributed by atoms with E-state index in [-0.39, 0.29) is 5.54 Å². The third kappa shape index (κ3) is 2.35. The summed E-state index contributed by atoms with van der Waals surface area (Å²) in [6.45, 7) is 4.90. The van der Waals surface area contributed by atoms with Gasteiger partial charge < -0.3 is 11.1 Å². The molecule has 0 aromatic carbocycles. The molecule has 0 saturated heterocycles. The van der Waals surface area contributed by atoms with Gasteiger partial charge in [-0.2, -0.15) is 14.6 Å². The largest absolute Gasteiger partial charge is 0.363 e. The van der Waals surface area contributed by atoms with Crippen molar-refractivity contribution in [3.63, 3.8) is 0 Å². The summed E-state index contributed by atoms with van der Waals surface area (Å²) in [5.74, 6) is 2.27. The van der Waals surface area contributed by atoms with Gasteiger partial charge in [-0.15, -0.1) is 0 Å². The lowest BCUT2D eigenvalue weighted by atomic mass is 9.76. The van der Waals surface area contributed by atoms with Gasteiger partial charge in [0.1, 0.15) is 12.1 Å². The Morgan fingerprint density at radius 1 is 1.55 bits per heavy atom. The van der Waals surface area contributed by atoms with Gasteiger partial charge >= 0.3 is 0 Å². The summed E-state index contributed by atoms with van der Waals surface area (Å²) in [5.41, 5.74) is 6.98. The lowest BCUT2D eigenvalue weighted by Gasteiger charge is -2.40. The van der Waals surface area contributed by atoms with Crippen molar-refractivity contribution in [3.8, 4) is 0 Å². The maximum absolute atomic E-state index is 6.08. The predicted octanol–water partition coefficient (Wildman–Crippen LogP) is 1.75. The summed E-state index contributed by atoms with van der Waals surface area (Å²) in [6, 6.07) is 2.01. The second-order valence-corrected chi connectivity index (χ2v) is 6.07. The molecule has 0 radical (unpaired) electrons. The number of aryl methyl sites for hydroxylation is 1. The van der Waals surface area contributed by atoms with Gasteiger partial charge in [-0.25, -0.2) is 4.98 Å². The zero-order valence-corrected chi connectivity index (χ0v) is 12.1. The van der Waals surface area contributed by atoms with Crippen molar-refractivity contribution in [2.24, 2.45) is 11.7 Å². The second kappa shape index (κ2) is 5.01. The van der Waals surface area contributed by atoms with E-state index in [1.165, 1.54) is 19.2 Å². The first-order valence-electron chi connectivity index (χ1n) is 7.27. The van der Waals surface area contributed by atoms with E-state index in [0.717, 1.165) is 24.4 Å². The smallest absolute Gasteiger partial charge is 0.254 e. The summed E-state index contributed by atoms with van der Waals surface area (Å²) >= 11 is 0. The van der Waals surface area contributed by atoms with Gasteiger partial charge in [-0.3, -0.25) is 0 Å². The van der Waals surface area contributed by atoms with Crippen LogP contribution in [0.1, 0.15) is 38.3 Å². The Morgan fingerprint density at radius 2 is 2.40 bits per heavy atom. The van der Waals surface area contributed by atoms with Gasteiger partial charge in [0.05, 0.1) is 5.54 Å². The van der Waals surface area contributed by atoms with E-state index >= 15 is 0 Å². The molecule has 1 aliphatic rings. The molecule has 108 valence electrons. The summed E-state index contributed by atoms with van der Waals surface area (Å²) in [5, 5.41) is 7.89. The highest BCUT2D eigenvalue weighted by Crippen LogP contribution is 2.34. The maximum atomic E-state index is 6.08. The van der Waals surface area contributed by atoms with Crippen LogP contribution in [0.2, 0.25) is 0 Å². The molecule has 0 amide bonds. The highest BCUT2D eigenvalue weighted by molar-refractivity contribution is 5.46. The molecule has 2 atom stereocenters. The molecule has 0 bridgehead atoms. The summed E-state index contributed by atoms with van der Waals surface area (Å²) in [6.07, 6.45) is 6.24. The van der Waals surface area contributed by atoms with Crippen LogP contribution in [0.25, 0.3) is 5.78 Å². The fourth-order valence-corrected chi connectivity index (χ4v) is 3.30. The number of nitrogens with one attached hydrogen (secondary N) is 1. The Hall–Kier alpha value is -1.69. The molecule has 20 heavy (non-hydrogen) atoms. The number of hydrogen-bond donors (Lipinski definition) is 2. The fraction of sp³-hybridized carbons (Fsp3) is 0.643. The van der Waals surface area contributed by atoms with Crippen LogP contribution in [0.4, 0.5) is 5.82 Å². The molecular formula is C14H22N6. The molecule has 6 nitrogen and oxygen atoms in total. The Bertz CT molecular complexity index is 607. The van der Waals surface area contributed by atoms with Crippen LogP contribution in [0, 0.1) is 12.8 Å². The zero-order chi connectivity index (χ0) is 14.2. The van der Waals surface area contributed by atoms with Crippen molar-refractivity contribution in [1.29, 1.82) is 0 Å². The molecule has 0 spiro atoms. The maximum Gasteiger partial charge on any atom is 0.254 e. The Labute approximate surface area is 118 Å². The van der Waals surface area contributed by atoms with Gasteiger partial charge in [-0.1, -0.05) is 19.8 Å². The molecule has 2 unspecified atom stereocenters. The van der Waals surface area contributed by atoms with Crippen molar-refractivity contribution in [2.45, 2.75) is 45.1 Å². The molecule has 3 N–H and O–H groups in total. The van der Waals surface area contributed by atoms with Crippen LogP contribution >= 0.6 is 0 Å². The van der Waals surface area contributed by atoms with Crippen molar-refractivity contribution < 1.29 is 0 Å². The number of hydrogen-bond acceptors (Lipinski definition) is 5. The van der Waals surface area contributed by atoms with Gasteiger partial charge in [0.25, 0.3) is 5.78 Å². The molecule has 0 aliphatic heterocycles. The van der Waals surface area contributed by atoms with Crippen molar-refractivity contribution in [1.82, 2.24) is 19.6 Å². The Kier molecular flexibility index (Phi) is 3.33. The second-order valence-electron chi connectivity index (χ2n) is 6.07. The monoisotopic (exact) mass is 274 g/mol. The van der Waals surface area contributed by atoms with Crippen LogP contribution in [0.3, 0.4) is 0 Å². The topological polar surface area (TPSA) is 81.1 Å². The van der Waals surface area contributed by atoms with E-state index in [1.807, 2.05) is 13.0 Å². The third-order valence-corrected chi connectivity index (χ3v) is 4.26. The molecule has 1 fully saturated rings. The molecule has 3 rings (SSSR count). The van der Waals surface area contributed by atoms with Gasteiger partial charge in [0, 0.05) is 18.3 Å². The van der Waals surface area contributed by atoms with Crippen LogP contribution < -0.4 is 11.1 Å². The number of rotatable bonds is 3. The van der Waals surface area contributed by atoms with E-state index < -0.39 is 0 Å². The van der Waals surface area contributed by atoms with Crippen molar-refractivity contribution in [3.05, 3.63) is 18.1 Å². The number of aromatic nitrogens is 4. The van der Waals surface area contributed by atoms with Crippen molar-refractivity contribution in [2.75, 3.05) is 11.9 Å². The average molecular weight is 274 g/mol. The third-order valence-electron chi connectivity index (χ3n) is 4.26. The SMILES string of the molecule is Cc1cc(NC2(CN)CCCC(C)C2)n2ncnc2n1. The highest BCUT2D eigenvalue weighted by Gasteiger charge is 2.34. The van der Waals surface area contributed by atoms with Crippen LogP contribution in [0.5, 0.6) is 0 Å². The first kappa shape index (κ1) is 13.3. The zero-order valence-electron chi connectivity index (χ0n) is 12.1. The van der Waals surface area contributed by atoms with Crippen molar-refractivity contribution >= 4 is 11.6 Å². The number of fused-ring (bicyclic) bond motifs is 1. The normalized spacial score (nSPS) is 26.9. The standard InChI is InChI=1S/C14H22N6/c1-10-4-3-5-14(7-10,8-15)19-12-6-11(2)18-13-16-9-17-20(12)13/h6,9-10,19H,3-5,7-8,15H2,1-2H3. The van der Waals surface area contributed by atoms with Gasteiger partial charge in [-0.05, 0) is 25.7 Å². The Morgan fingerprint density at radius 3 is 3.15 bits per heavy atom. The molecule has 1 aliphatic carbocycles. The molecule has 1 saturated carbocycles. The molecule has 2 aromatic rings. The van der Waals surface area contributed by atoms with E-state index in [1.54, 1.807) is 4.52 Å². The van der Waals surface area contributed by atoms with E-state index in [2.05, 4.69) is 27.3 Å². The fourth-order valence-electron chi connectivity index (χ4n) is 3.30. The molecular weight excluding hydrogens is 252 g/mol. The lowest BCUT2D eigenvalue weighted by molar-refractivity contribution is 0.263. The van der Waals surface area contributed by atoms with E-state index in [9.17, 15) is 0 Å². The first-order valence-corrected chi connectivity index (χ1v) is 7.27. The van der Waals surface area contributed by atoms with Gasteiger partial charge in [0.2, 0.25) is 0 Å². The number of nitrogens with two attached hydrogens (primary N) is 1. The Balaban J connectivity index is 1.96. The van der Waals surface area contributed by atoms with Gasteiger partial charge in [0.15, 0.2) is 0 Å². The minimum Gasteiger partial charge on any atom is -0.363 e. The van der Waals surface area contributed by atoms with Crippen LogP contribution in [-0.4, -0.2) is 31.7 Å². The number of anilines is 1. The predicted molar refractivity (Wildman–Crippen MR) is 78.6 cm³/mol. The molecule has 6 heteroatoms. The summed E-state index contributed by atoms with van der Waals surface area (Å²) < 4.78 is 1.75. The van der Waals surface area contributed by atoms with Crippen LogP contribution in [-0.2, 0) is 0 Å². The lowest BCUT2D eigenvalue weighted by Crippen LogP contribution is -2.49.